The van der Waals surface area contributed by atoms with Crippen molar-refractivity contribution in [2.45, 2.75) is 37.0 Å². The van der Waals surface area contributed by atoms with Crippen LogP contribution in [-0.4, -0.2) is 21.5 Å². The van der Waals surface area contributed by atoms with Crippen molar-refractivity contribution in [3.05, 3.63) is 29.8 Å². The minimum atomic E-state index is -3.51. The Balaban J connectivity index is 2.04. The van der Waals surface area contributed by atoms with E-state index in [2.05, 4.69) is 16.6 Å². The van der Waals surface area contributed by atoms with Gasteiger partial charge in [-0.15, -0.1) is 0 Å². The molecule has 2 rings (SSSR count). The lowest BCUT2D eigenvalue weighted by Gasteiger charge is -2.11. The Bertz CT molecular complexity index is 623. The van der Waals surface area contributed by atoms with Crippen molar-refractivity contribution in [1.29, 1.82) is 0 Å². The van der Waals surface area contributed by atoms with Gasteiger partial charge in [0.2, 0.25) is 10.0 Å². The zero-order valence-electron chi connectivity index (χ0n) is 12.1. The first-order chi connectivity index (χ1) is 10.1. The molecule has 0 atom stereocenters. The van der Waals surface area contributed by atoms with Crippen LogP contribution in [0.15, 0.2) is 29.2 Å². The molecule has 3 N–H and O–H groups in total. The van der Waals surface area contributed by atoms with Crippen LogP contribution in [0.4, 0.5) is 0 Å². The summed E-state index contributed by atoms with van der Waals surface area (Å²) in [7, 11) is -3.51. The van der Waals surface area contributed by atoms with Gasteiger partial charge in [0, 0.05) is 12.1 Å². The SMILES string of the molecule is NCC#Cc1ccccc1S(=O)(=O)NCCC1CCCC1. The maximum absolute atomic E-state index is 12.4. The molecule has 1 aromatic rings. The highest BCUT2D eigenvalue weighted by Crippen LogP contribution is 2.27. The molecule has 4 nitrogen and oxygen atoms in total. The normalized spacial score (nSPS) is 15.7. The molecule has 0 amide bonds. The van der Waals surface area contributed by atoms with Crippen molar-refractivity contribution in [3.8, 4) is 11.8 Å². The standard InChI is InChI=1S/C16H22N2O2S/c17-12-5-9-15-8-3-4-10-16(15)21(19,20)18-13-11-14-6-1-2-7-14/h3-4,8,10,14,18H,1-2,6-7,11-13,17H2. The van der Waals surface area contributed by atoms with Crippen LogP contribution < -0.4 is 10.5 Å². The molecule has 114 valence electrons. The van der Waals surface area contributed by atoms with E-state index in [0.29, 0.717) is 18.0 Å². The quantitative estimate of drug-likeness (QED) is 0.816. The van der Waals surface area contributed by atoms with E-state index in [1.807, 2.05) is 0 Å². The number of nitrogens with two attached hydrogens (primary N) is 1. The molecule has 0 saturated heterocycles. The van der Waals surface area contributed by atoms with Crippen molar-refractivity contribution in [2.24, 2.45) is 11.7 Å². The highest BCUT2D eigenvalue weighted by atomic mass is 32.2. The summed E-state index contributed by atoms with van der Waals surface area (Å²) in [5.74, 6) is 6.19. The smallest absolute Gasteiger partial charge is 0.241 e. The Kier molecular flexibility index (Phi) is 5.80. The Morgan fingerprint density at radius 1 is 1.24 bits per heavy atom. The molecule has 0 aromatic heterocycles. The summed E-state index contributed by atoms with van der Waals surface area (Å²) in [4.78, 5) is 0.234. The summed E-state index contributed by atoms with van der Waals surface area (Å²) in [5, 5.41) is 0. The maximum Gasteiger partial charge on any atom is 0.241 e. The van der Waals surface area contributed by atoms with Gasteiger partial charge in [0.25, 0.3) is 0 Å². The zero-order chi connectivity index (χ0) is 15.1. The lowest BCUT2D eigenvalue weighted by atomic mass is 10.1. The molecule has 1 saturated carbocycles. The Hall–Kier alpha value is -1.35. The molecule has 0 radical (unpaired) electrons. The molecular weight excluding hydrogens is 284 g/mol. The van der Waals surface area contributed by atoms with E-state index in [0.717, 1.165) is 6.42 Å². The van der Waals surface area contributed by atoms with Gasteiger partial charge in [0.1, 0.15) is 0 Å². The molecule has 5 heteroatoms. The van der Waals surface area contributed by atoms with Gasteiger partial charge in [-0.2, -0.15) is 0 Å². The molecule has 21 heavy (non-hydrogen) atoms. The predicted molar refractivity (Wildman–Crippen MR) is 84.1 cm³/mol. The molecule has 0 unspecified atom stereocenters. The number of nitrogens with one attached hydrogen (secondary N) is 1. The van der Waals surface area contributed by atoms with Crippen molar-refractivity contribution < 1.29 is 8.42 Å². The first-order valence-electron chi connectivity index (χ1n) is 7.41. The van der Waals surface area contributed by atoms with Gasteiger partial charge in [-0.3, -0.25) is 0 Å². The van der Waals surface area contributed by atoms with E-state index in [4.69, 9.17) is 5.73 Å². The van der Waals surface area contributed by atoms with Crippen molar-refractivity contribution in [3.63, 3.8) is 0 Å². The van der Waals surface area contributed by atoms with Gasteiger partial charge in [0.05, 0.1) is 11.4 Å². The van der Waals surface area contributed by atoms with Crippen molar-refractivity contribution in [2.75, 3.05) is 13.1 Å². The summed E-state index contributed by atoms with van der Waals surface area (Å²) in [6.07, 6.45) is 5.90. The average molecular weight is 306 g/mol. The van der Waals surface area contributed by atoms with Crippen LogP contribution in [0.1, 0.15) is 37.7 Å². The molecule has 0 aliphatic heterocycles. The third kappa shape index (κ3) is 4.57. The first kappa shape index (κ1) is 16.0. The lowest BCUT2D eigenvalue weighted by molar-refractivity contribution is 0.495. The highest BCUT2D eigenvalue weighted by Gasteiger charge is 2.19. The Labute approximate surface area is 127 Å². The third-order valence-corrected chi connectivity index (χ3v) is 5.34. The molecule has 1 fully saturated rings. The second kappa shape index (κ2) is 7.60. The fourth-order valence-electron chi connectivity index (χ4n) is 2.72. The third-order valence-electron chi connectivity index (χ3n) is 3.82. The summed E-state index contributed by atoms with van der Waals surface area (Å²) in [6.45, 7) is 0.704. The van der Waals surface area contributed by atoms with Crippen LogP contribution in [0.2, 0.25) is 0 Å². The molecule has 1 aliphatic carbocycles. The van der Waals surface area contributed by atoms with E-state index in [9.17, 15) is 8.42 Å². The molecule has 0 spiro atoms. The number of benzene rings is 1. The first-order valence-corrected chi connectivity index (χ1v) is 8.89. The Morgan fingerprint density at radius 2 is 1.95 bits per heavy atom. The number of sulfonamides is 1. The fourth-order valence-corrected chi connectivity index (χ4v) is 3.93. The van der Waals surface area contributed by atoms with Crippen LogP contribution in [0.5, 0.6) is 0 Å². The summed E-state index contributed by atoms with van der Waals surface area (Å²) in [6, 6.07) is 6.77. The largest absolute Gasteiger partial charge is 0.320 e. The second-order valence-corrected chi connectivity index (χ2v) is 7.07. The number of hydrogen-bond donors (Lipinski definition) is 2. The summed E-state index contributed by atoms with van der Waals surface area (Å²) in [5.41, 5.74) is 5.84. The lowest BCUT2D eigenvalue weighted by Crippen LogP contribution is -2.26. The van der Waals surface area contributed by atoms with Crippen LogP contribution in [-0.2, 0) is 10.0 Å². The average Bonchev–Trinajstić information content (AvgIpc) is 2.98. The van der Waals surface area contributed by atoms with E-state index >= 15 is 0 Å². The molecule has 0 heterocycles. The van der Waals surface area contributed by atoms with Crippen LogP contribution in [0.3, 0.4) is 0 Å². The van der Waals surface area contributed by atoms with Gasteiger partial charge in [-0.1, -0.05) is 49.7 Å². The van der Waals surface area contributed by atoms with E-state index in [1.165, 1.54) is 25.7 Å². The fraction of sp³-hybridized carbons (Fsp3) is 0.500. The van der Waals surface area contributed by atoms with Gasteiger partial charge in [-0.05, 0) is 24.5 Å². The highest BCUT2D eigenvalue weighted by molar-refractivity contribution is 7.89. The molecule has 0 bridgehead atoms. The Morgan fingerprint density at radius 3 is 2.67 bits per heavy atom. The molecular formula is C16H22N2O2S. The van der Waals surface area contributed by atoms with Crippen LogP contribution >= 0.6 is 0 Å². The van der Waals surface area contributed by atoms with E-state index < -0.39 is 10.0 Å². The van der Waals surface area contributed by atoms with Gasteiger partial charge >= 0.3 is 0 Å². The predicted octanol–water partition coefficient (Wildman–Crippen LogP) is 1.86. The van der Waals surface area contributed by atoms with Gasteiger partial charge in [-0.25, -0.2) is 13.1 Å². The topological polar surface area (TPSA) is 72.2 Å². The number of rotatable bonds is 5. The van der Waals surface area contributed by atoms with E-state index in [-0.39, 0.29) is 11.4 Å². The van der Waals surface area contributed by atoms with Crippen LogP contribution in [0, 0.1) is 17.8 Å². The van der Waals surface area contributed by atoms with E-state index in [1.54, 1.807) is 24.3 Å². The monoisotopic (exact) mass is 306 g/mol. The number of hydrogen-bond acceptors (Lipinski definition) is 3. The maximum atomic E-state index is 12.4. The molecule has 1 aromatic carbocycles. The van der Waals surface area contributed by atoms with Gasteiger partial charge in [0.15, 0.2) is 0 Å². The van der Waals surface area contributed by atoms with Crippen molar-refractivity contribution >= 4 is 10.0 Å². The van der Waals surface area contributed by atoms with Gasteiger partial charge < -0.3 is 5.73 Å². The molecule has 1 aliphatic rings. The van der Waals surface area contributed by atoms with Crippen molar-refractivity contribution in [1.82, 2.24) is 4.72 Å². The van der Waals surface area contributed by atoms with Crippen LogP contribution in [0.25, 0.3) is 0 Å². The minimum Gasteiger partial charge on any atom is -0.320 e. The zero-order valence-corrected chi connectivity index (χ0v) is 13.0. The second-order valence-electron chi connectivity index (χ2n) is 5.34. The summed E-state index contributed by atoms with van der Waals surface area (Å²) >= 11 is 0. The minimum absolute atomic E-state index is 0.212. The summed E-state index contributed by atoms with van der Waals surface area (Å²) < 4.78 is 27.5.